The van der Waals surface area contributed by atoms with Crippen molar-refractivity contribution in [3.63, 3.8) is 0 Å². The van der Waals surface area contributed by atoms with E-state index >= 15 is 0 Å². The maximum Gasteiger partial charge on any atom is 0.328 e. The van der Waals surface area contributed by atoms with Gasteiger partial charge in [-0.05, 0) is 47.4 Å². The Hall–Kier alpha value is -2.55. The maximum absolute atomic E-state index is 10.7. The summed E-state index contributed by atoms with van der Waals surface area (Å²) in [5.41, 5.74) is 4.00. The second-order valence-corrected chi connectivity index (χ2v) is 4.44. The van der Waals surface area contributed by atoms with Crippen LogP contribution in [0.15, 0.2) is 48.5 Å². The Bertz CT molecular complexity index is 657. The molecule has 0 fully saturated rings. The summed E-state index contributed by atoms with van der Waals surface area (Å²) < 4.78 is 5.26. The molecule has 0 aliphatic carbocycles. The molecule has 1 N–H and O–H groups in total. The molecule has 0 aliphatic heterocycles. The van der Waals surface area contributed by atoms with Crippen molar-refractivity contribution in [1.29, 1.82) is 0 Å². The Morgan fingerprint density at radius 1 is 1.15 bits per heavy atom. The second-order valence-electron chi connectivity index (χ2n) is 4.44. The highest BCUT2D eigenvalue weighted by Crippen LogP contribution is 2.31. The maximum atomic E-state index is 10.7. The van der Waals surface area contributed by atoms with Crippen LogP contribution >= 0.6 is 0 Å². The van der Waals surface area contributed by atoms with Gasteiger partial charge in [-0.15, -0.1) is 0 Å². The van der Waals surface area contributed by atoms with Crippen molar-refractivity contribution in [2.45, 2.75) is 6.92 Å². The molecule has 0 saturated carbocycles. The van der Waals surface area contributed by atoms with E-state index in [-0.39, 0.29) is 0 Å². The Labute approximate surface area is 118 Å². The lowest BCUT2D eigenvalue weighted by atomic mass is 9.95. The highest BCUT2D eigenvalue weighted by Gasteiger charge is 2.07. The summed E-state index contributed by atoms with van der Waals surface area (Å²) in [5.74, 6) is -0.215. The van der Waals surface area contributed by atoms with E-state index in [0.717, 1.165) is 34.1 Å². The van der Waals surface area contributed by atoms with Gasteiger partial charge in [0.2, 0.25) is 0 Å². The molecule has 0 atom stereocenters. The van der Waals surface area contributed by atoms with E-state index in [2.05, 4.69) is 0 Å². The van der Waals surface area contributed by atoms with Gasteiger partial charge in [-0.1, -0.05) is 30.3 Å². The molecule has 0 heterocycles. The molecule has 0 unspecified atom stereocenters. The van der Waals surface area contributed by atoms with E-state index in [1.54, 1.807) is 13.2 Å². The molecule has 3 heteroatoms. The predicted molar refractivity (Wildman–Crippen MR) is 79.8 cm³/mol. The normalized spacial score (nSPS) is 10.7. The number of carboxylic acid groups (broad SMARTS) is 1. The lowest BCUT2D eigenvalue weighted by molar-refractivity contribution is -0.131. The third kappa shape index (κ3) is 3.06. The van der Waals surface area contributed by atoms with Crippen LogP contribution in [0.25, 0.3) is 17.2 Å². The Morgan fingerprint density at radius 3 is 2.55 bits per heavy atom. The van der Waals surface area contributed by atoms with Crippen molar-refractivity contribution in [3.05, 3.63) is 59.7 Å². The van der Waals surface area contributed by atoms with Crippen LogP contribution in [0.2, 0.25) is 0 Å². The van der Waals surface area contributed by atoms with E-state index in [1.165, 1.54) is 0 Å². The topological polar surface area (TPSA) is 46.5 Å². The minimum absolute atomic E-state index is 0.746. The Balaban J connectivity index is 2.59. The first-order valence-corrected chi connectivity index (χ1v) is 6.27. The monoisotopic (exact) mass is 268 g/mol. The smallest absolute Gasteiger partial charge is 0.328 e. The van der Waals surface area contributed by atoms with Crippen molar-refractivity contribution in [3.8, 4) is 16.9 Å². The molecule has 20 heavy (non-hydrogen) atoms. The average Bonchev–Trinajstić information content (AvgIpc) is 2.45. The van der Waals surface area contributed by atoms with Crippen LogP contribution in [-0.2, 0) is 4.79 Å². The number of hydrogen-bond donors (Lipinski definition) is 1. The molecule has 0 bridgehead atoms. The van der Waals surface area contributed by atoms with Crippen LogP contribution in [-0.4, -0.2) is 18.2 Å². The van der Waals surface area contributed by atoms with Crippen LogP contribution in [0.3, 0.4) is 0 Å². The first kappa shape index (κ1) is 13.9. The molecule has 0 aliphatic rings. The molecular formula is C17H16O3. The summed E-state index contributed by atoms with van der Waals surface area (Å²) >= 11 is 0. The third-order valence-electron chi connectivity index (χ3n) is 3.10. The van der Waals surface area contributed by atoms with Gasteiger partial charge in [-0.2, -0.15) is 0 Å². The predicted octanol–water partition coefficient (Wildman–Crippen LogP) is 3.77. The van der Waals surface area contributed by atoms with Gasteiger partial charge in [-0.25, -0.2) is 4.79 Å². The summed E-state index contributed by atoms with van der Waals surface area (Å²) in [4.78, 5) is 10.7. The number of ether oxygens (including phenoxy) is 1. The number of carboxylic acids is 1. The van der Waals surface area contributed by atoms with Gasteiger partial charge in [0.25, 0.3) is 0 Å². The van der Waals surface area contributed by atoms with Gasteiger partial charge in [0.15, 0.2) is 0 Å². The van der Waals surface area contributed by atoms with Gasteiger partial charge in [0.05, 0.1) is 7.11 Å². The van der Waals surface area contributed by atoms with Crippen molar-refractivity contribution in [2.24, 2.45) is 0 Å². The summed E-state index contributed by atoms with van der Waals surface area (Å²) in [5, 5.41) is 8.78. The number of aliphatic carboxylic acids is 1. The first-order valence-electron chi connectivity index (χ1n) is 6.27. The molecule has 0 radical (unpaired) electrons. The van der Waals surface area contributed by atoms with E-state index in [9.17, 15) is 4.79 Å². The van der Waals surface area contributed by atoms with Gasteiger partial charge in [-0.3, -0.25) is 0 Å². The van der Waals surface area contributed by atoms with E-state index in [4.69, 9.17) is 9.84 Å². The summed E-state index contributed by atoms with van der Waals surface area (Å²) in [6.45, 7) is 2.03. The van der Waals surface area contributed by atoms with Crippen molar-refractivity contribution >= 4 is 12.0 Å². The van der Waals surface area contributed by atoms with Crippen LogP contribution < -0.4 is 4.74 Å². The lowest BCUT2D eigenvalue weighted by Gasteiger charge is -2.11. The minimum Gasteiger partial charge on any atom is -0.497 e. The zero-order valence-electron chi connectivity index (χ0n) is 11.5. The fourth-order valence-corrected chi connectivity index (χ4v) is 2.08. The first-order chi connectivity index (χ1) is 9.61. The number of methoxy groups -OCH3 is 1. The van der Waals surface area contributed by atoms with E-state index < -0.39 is 5.97 Å². The molecule has 3 nitrogen and oxygen atoms in total. The molecule has 0 amide bonds. The fraction of sp³-hybridized carbons (Fsp3) is 0.118. The van der Waals surface area contributed by atoms with Crippen molar-refractivity contribution in [2.75, 3.05) is 7.11 Å². The van der Waals surface area contributed by atoms with Gasteiger partial charge in [0, 0.05) is 6.08 Å². The number of hydrogen-bond acceptors (Lipinski definition) is 2. The molecule has 102 valence electrons. The highest BCUT2D eigenvalue weighted by atomic mass is 16.5. The largest absolute Gasteiger partial charge is 0.497 e. The highest BCUT2D eigenvalue weighted by molar-refractivity contribution is 5.88. The molecule has 2 aromatic rings. The van der Waals surface area contributed by atoms with Gasteiger partial charge in [0.1, 0.15) is 5.75 Å². The number of aryl methyl sites for hydroxylation is 1. The molecule has 2 rings (SSSR count). The third-order valence-corrected chi connectivity index (χ3v) is 3.10. The fourth-order valence-electron chi connectivity index (χ4n) is 2.08. The van der Waals surface area contributed by atoms with Gasteiger partial charge >= 0.3 is 5.97 Å². The quantitative estimate of drug-likeness (QED) is 0.859. The molecular weight excluding hydrogens is 252 g/mol. The van der Waals surface area contributed by atoms with Crippen molar-refractivity contribution < 1.29 is 14.6 Å². The Kier molecular flexibility index (Phi) is 4.20. The zero-order chi connectivity index (χ0) is 14.5. The van der Waals surface area contributed by atoms with Crippen LogP contribution in [0.1, 0.15) is 11.1 Å². The Morgan fingerprint density at radius 2 is 1.90 bits per heavy atom. The van der Waals surface area contributed by atoms with E-state index in [1.807, 2.05) is 49.4 Å². The van der Waals surface area contributed by atoms with E-state index in [0.29, 0.717) is 0 Å². The number of benzene rings is 2. The average molecular weight is 268 g/mol. The SMILES string of the molecule is COc1ccc(/C=C/C(=O)O)c(-c2ccccc2C)c1. The summed E-state index contributed by atoms with van der Waals surface area (Å²) in [6.07, 6.45) is 2.74. The van der Waals surface area contributed by atoms with Crippen molar-refractivity contribution in [1.82, 2.24) is 0 Å². The van der Waals surface area contributed by atoms with Crippen LogP contribution in [0.5, 0.6) is 5.75 Å². The number of rotatable bonds is 4. The number of carbonyl (C=O) groups is 1. The molecule has 2 aromatic carbocycles. The molecule has 0 saturated heterocycles. The lowest BCUT2D eigenvalue weighted by Crippen LogP contribution is -1.91. The molecule has 0 aromatic heterocycles. The van der Waals surface area contributed by atoms with Gasteiger partial charge < -0.3 is 9.84 Å². The minimum atomic E-state index is -0.962. The van der Waals surface area contributed by atoms with Crippen LogP contribution in [0, 0.1) is 6.92 Å². The second kappa shape index (κ2) is 6.06. The summed E-state index contributed by atoms with van der Waals surface area (Å²) in [6, 6.07) is 13.6. The molecule has 0 spiro atoms. The van der Waals surface area contributed by atoms with Crippen LogP contribution in [0.4, 0.5) is 0 Å². The standard InChI is InChI=1S/C17H16O3/c1-12-5-3-4-6-15(12)16-11-14(20-2)9-7-13(16)8-10-17(18)19/h3-11H,1-2H3,(H,18,19)/b10-8+. The zero-order valence-corrected chi connectivity index (χ0v) is 11.5. The summed E-state index contributed by atoms with van der Waals surface area (Å²) in [7, 11) is 1.61.